The summed E-state index contributed by atoms with van der Waals surface area (Å²) in [6.45, 7) is 4.35. The number of nitrogens with zero attached hydrogens (tertiary/aromatic N) is 6. The summed E-state index contributed by atoms with van der Waals surface area (Å²) in [5, 5.41) is 14.1. The number of benzene rings is 1. The summed E-state index contributed by atoms with van der Waals surface area (Å²) in [6.07, 6.45) is 3.47. The van der Waals surface area contributed by atoms with Gasteiger partial charge >= 0.3 is 6.03 Å². The zero-order valence-corrected chi connectivity index (χ0v) is 18.3. The molecule has 1 aliphatic heterocycles. The van der Waals surface area contributed by atoms with E-state index in [1.807, 2.05) is 4.68 Å². The average Bonchev–Trinajstić information content (AvgIpc) is 3.39. The molecule has 12 heteroatoms. The minimum atomic E-state index is -0.557. The summed E-state index contributed by atoms with van der Waals surface area (Å²) in [4.78, 5) is 20.9. The number of rotatable bonds is 7. The molecule has 0 saturated carbocycles. The maximum absolute atomic E-state index is 13.8. The highest BCUT2D eigenvalue weighted by molar-refractivity contribution is 6.30. The van der Waals surface area contributed by atoms with Crippen LogP contribution in [0.4, 0.5) is 9.18 Å². The van der Waals surface area contributed by atoms with E-state index < -0.39 is 5.82 Å². The van der Waals surface area contributed by atoms with E-state index in [1.165, 1.54) is 23.1 Å². The van der Waals surface area contributed by atoms with Crippen LogP contribution < -0.4 is 10.6 Å². The first-order valence-corrected chi connectivity index (χ1v) is 10.7. The number of amides is 2. The molecule has 0 spiro atoms. The van der Waals surface area contributed by atoms with Crippen molar-refractivity contribution in [1.29, 1.82) is 0 Å². The Morgan fingerprint density at radius 1 is 1.25 bits per heavy atom. The Kier molecular flexibility index (Phi) is 6.96. The summed E-state index contributed by atoms with van der Waals surface area (Å²) in [5.74, 6) is 1.58. The maximum atomic E-state index is 13.8. The zero-order chi connectivity index (χ0) is 22.5. The molecular weight excluding hydrogens is 439 g/mol. The van der Waals surface area contributed by atoms with Gasteiger partial charge in [-0.15, -0.1) is 0 Å². The lowest BCUT2D eigenvalue weighted by atomic mass is 10.0. The van der Waals surface area contributed by atoms with Gasteiger partial charge in [-0.3, -0.25) is 0 Å². The Bertz CT molecular complexity index is 1080. The van der Waals surface area contributed by atoms with Gasteiger partial charge < -0.3 is 15.4 Å². The predicted molar refractivity (Wildman–Crippen MR) is 114 cm³/mol. The van der Waals surface area contributed by atoms with Crippen molar-refractivity contribution in [1.82, 2.24) is 40.2 Å². The molecule has 1 fully saturated rings. The quantitative estimate of drug-likeness (QED) is 0.557. The van der Waals surface area contributed by atoms with E-state index in [0.717, 1.165) is 32.6 Å². The number of carbonyl (C=O) groups is 1. The summed E-state index contributed by atoms with van der Waals surface area (Å²) >= 11 is 5.76. The van der Waals surface area contributed by atoms with Crippen molar-refractivity contribution in [3.8, 4) is 5.69 Å². The number of ether oxygens (including phenoxy) is 1. The fraction of sp³-hybridized carbons (Fsp3) is 0.450. The first kappa shape index (κ1) is 22.2. The molecular formula is C20H24ClFN8O2. The normalized spacial score (nSPS) is 14.5. The van der Waals surface area contributed by atoms with Crippen LogP contribution in [0.15, 0.2) is 24.5 Å². The third-order valence-electron chi connectivity index (χ3n) is 5.21. The van der Waals surface area contributed by atoms with Crippen molar-refractivity contribution in [2.24, 2.45) is 5.92 Å². The van der Waals surface area contributed by atoms with E-state index in [2.05, 4.69) is 30.8 Å². The topological polar surface area (TPSA) is 112 Å². The monoisotopic (exact) mass is 462 g/mol. The van der Waals surface area contributed by atoms with Gasteiger partial charge in [-0.25, -0.2) is 28.5 Å². The number of aromatic nitrogens is 6. The van der Waals surface area contributed by atoms with E-state index in [-0.39, 0.29) is 24.1 Å². The fourth-order valence-corrected chi connectivity index (χ4v) is 3.65. The van der Waals surface area contributed by atoms with Crippen molar-refractivity contribution < 1.29 is 13.9 Å². The van der Waals surface area contributed by atoms with Crippen molar-refractivity contribution in [3.05, 3.63) is 52.8 Å². The number of carbonyl (C=O) groups excluding carboxylic acids is 1. The Morgan fingerprint density at radius 2 is 2.00 bits per heavy atom. The number of halogens is 2. The van der Waals surface area contributed by atoms with Gasteiger partial charge in [0.1, 0.15) is 23.8 Å². The predicted octanol–water partition coefficient (Wildman–Crippen LogP) is 2.39. The molecule has 0 atom stereocenters. The smallest absolute Gasteiger partial charge is 0.315 e. The van der Waals surface area contributed by atoms with Crippen LogP contribution in [-0.2, 0) is 24.4 Å². The van der Waals surface area contributed by atoms with E-state index in [1.54, 1.807) is 13.0 Å². The molecule has 1 aliphatic rings. The van der Waals surface area contributed by atoms with Crippen LogP contribution in [0.25, 0.3) is 5.69 Å². The summed E-state index contributed by atoms with van der Waals surface area (Å²) in [6, 6.07) is 3.96. The van der Waals surface area contributed by atoms with Crippen LogP contribution in [-0.4, -0.2) is 48.8 Å². The van der Waals surface area contributed by atoms with Crippen molar-refractivity contribution >= 4 is 17.6 Å². The molecule has 2 amide bonds. The average molecular weight is 463 g/mol. The molecule has 0 radical (unpaired) electrons. The molecule has 170 valence electrons. The largest absolute Gasteiger partial charge is 0.381 e. The molecule has 0 aliphatic carbocycles. The molecule has 32 heavy (non-hydrogen) atoms. The second-order valence-corrected chi connectivity index (χ2v) is 7.94. The number of urea groups is 1. The minimum absolute atomic E-state index is 0.0225. The van der Waals surface area contributed by atoms with Gasteiger partial charge in [-0.2, -0.15) is 10.2 Å². The fourth-order valence-electron chi connectivity index (χ4n) is 3.53. The number of hydrogen-bond acceptors (Lipinski definition) is 6. The third-order valence-corrected chi connectivity index (χ3v) is 5.52. The zero-order valence-electron chi connectivity index (χ0n) is 17.6. The van der Waals surface area contributed by atoms with Crippen LogP contribution in [0.2, 0.25) is 5.02 Å². The van der Waals surface area contributed by atoms with Gasteiger partial charge in [0, 0.05) is 25.8 Å². The lowest BCUT2D eigenvalue weighted by Crippen LogP contribution is -2.36. The van der Waals surface area contributed by atoms with Gasteiger partial charge in [-0.05, 0) is 37.8 Å². The minimum Gasteiger partial charge on any atom is -0.381 e. The van der Waals surface area contributed by atoms with Crippen LogP contribution >= 0.6 is 11.6 Å². The van der Waals surface area contributed by atoms with Crippen LogP contribution in [0.3, 0.4) is 0 Å². The molecule has 3 aromatic rings. The van der Waals surface area contributed by atoms with Gasteiger partial charge in [0.05, 0.1) is 23.8 Å². The van der Waals surface area contributed by atoms with Crippen molar-refractivity contribution in [3.63, 3.8) is 0 Å². The van der Waals surface area contributed by atoms with Gasteiger partial charge in [0.15, 0.2) is 5.82 Å². The molecule has 1 aromatic carbocycles. The van der Waals surface area contributed by atoms with Crippen LogP contribution in [0.1, 0.15) is 30.3 Å². The van der Waals surface area contributed by atoms with E-state index >= 15 is 0 Å². The van der Waals surface area contributed by atoms with E-state index in [4.69, 9.17) is 16.3 Å². The second kappa shape index (κ2) is 10.0. The summed E-state index contributed by atoms with van der Waals surface area (Å²) in [7, 11) is 0. The highest BCUT2D eigenvalue weighted by atomic mass is 35.5. The lowest BCUT2D eigenvalue weighted by Gasteiger charge is -2.22. The maximum Gasteiger partial charge on any atom is 0.315 e. The molecule has 3 heterocycles. The lowest BCUT2D eigenvalue weighted by molar-refractivity contribution is 0.0598. The first-order valence-electron chi connectivity index (χ1n) is 10.3. The molecule has 4 rings (SSSR count). The SMILES string of the molecule is Cc1nc(CNC(=O)NCc2ncnn2CC2CCOCC2)n(-c2ccc(Cl)c(F)c2)n1. The molecule has 10 nitrogen and oxygen atoms in total. The molecule has 1 saturated heterocycles. The van der Waals surface area contributed by atoms with Gasteiger partial charge in [-0.1, -0.05) is 11.6 Å². The van der Waals surface area contributed by atoms with Crippen molar-refractivity contribution in [2.45, 2.75) is 39.4 Å². The second-order valence-electron chi connectivity index (χ2n) is 7.54. The summed E-state index contributed by atoms with van der Waals surface area (Å²) < 4.78 is 22.5. The molecule has 0 bridgehead atoms. The highest BCUT2D eigenvalue weighted by Crippen LogP contribution is 2.19. The Balaban J connectivity index is 1.32. The number of nitrogens with one attached hydrogen (secondary N) is 2. The Hall–Kier alpha value is -3.05. The van der Waals surface area contributed by atoms with Crippen LogP contribution in [0, 0.1) is 18.7 Å². The molecule has 0 unspecified atom stereocenters. The summed E-state index contributed by atoms with van der Waals surface area (Å²) in [5.41, 5.74) is 0.464. The van der Waals surface area contributed by atoms with Crippen molar-refractivity contribution in [2.75, 3.05) is 13.2 Å². The highest BCUT2D eigenvalue weighted by Gasteiger charge is 2.17. The first-order chi connectivity index (χ1) is 15.5. The Morgan fingerprint density at radius 3 is 2.75 bits per heavy atom. The number of hydrogen-bond donors (Lipinski definition) is 2. The van der Waals surface area contributed by atoms with Gasteiger partial charge in [0.25, 0.3) is 0 Å². The molecule has 2 aromatic heterocycles. The van der Waals surface area contributed by atoms with E-state index in [0.29, 0.717) is 29.1 Å². The third kappa shape index (κ3) is 5.40. The van der Waals surface area contributed by atoms with Gasteiger partial charge in [0.2, 0.25) is 0 Å². The van der Waals surface area contributed by atoms with Crippen LogP contribution in [0.5, 0.6) is 0 Å². The molecule has 2 N–H and O–H groups in total. The number of aryl methyl sites for hydroxylation is 1. The van der Waals surface area contributed by atoms with E-state index in [9.17, 15) is 9.18 Å². The Labute approximate surface area is 189 Å². The standard InChI is InChI=1S/C20H24ClFN8O2/c1-13-27-19(30(28-13)15-2-3-16(21)17(22)8-15)10-24-20(31)23-9-18-25-12-26-29(18)11-14-4-6-32-7-5-14/h2-3,8,12,14H,4-7,9-11H2,1H3,(H2,23,24,31).